The average molecular weight is 282 g/mol. The number of hydrogen-bond donors (Lipinski definition) is 1. The number of hydrogen-bond acceptors (Lipinski definition) is 3. The molecule has 2 rings (SSSR count). The van der Waals surface area contributed by atoms with Crippen molar-refractivity contribution in [1.29, 1.82) is 0 Å². The number of methoxy groups -OCH3 is 1. The fourth-order valence-electron chi connectivity index (χ4n) is 2.22. The Kier molecular flexibility index (Phi) is 5.19. The summed E-state index contributed by atoms with van der Waals surface area (Å²) in [5.74, 6) is 1.08. The largest absolute Gasteiger partial charge is 0.385 e. The Morgan fingerprint density at radius 3 is 2.95 bits per heavy atom. The molecule has 0 fully saturated rings. The molecule has 104 valence electrons. The van der Waals surface area contributed by atoms with E-state index in [0.717, 1.165) is 54.3 Å². The van der Waals surface area contributed by atoms with Crippen LogP contribution in [0.15, 0.2) is 18.2 Å². The monoisotopic (exact) mass is 281 g/mol. The van der Waals surface area contributed by atoms with E-state index < -0.39 is 0 Å². The molecule has 0 aliphatic heterocycles. The van der Waals surface area contributed by atoms with Crippen LogP contribution in [0.3, 0.4) is 0 Å². The summed E-state index contributed by atoms with van der Waals surface area (Å²) in [7, 11) is 1.72. The van der Waals surface area contributed by atoms with Gasteiger partial charge in [-0.15, -0.1) is 0 Å². The smallest absolute Gasteiger partial charge is 0.109 e. The van der Waals surface area contributed by atoms with Crippen LogP contribution in [0.5, 0.6) is 0 Å². The molecule has 0 atom stereocenters. The normalized spacial score (nSPS) is 11.3. The van der Waals surface area contributed by atoms with Gasteiger partial charge in [0.15, 0.2) is 0 Å². The van der Waals surface area contributed by atoms with Crippen molar-refractivity contribution in [2.45, 2.75) is 25.8 Å². The van der Waals surface area contributed by atoms with Crippen LogP contribution in [0.2, 0.25) is 5.02 Å². The minimum atomic E-state index is 0.683. The van der Waals surface area contributed by atoms with Gasteiger partial charge in [-0.3, -0.25) is 0 Å². The minimum Gasteiger partial charge on any atom is -0.385 e. The molecular formula is C14H20ClN3O. The van der Waals surface area contributed by atoms with Gasteiger partial charge in [0.05, 0.1) is 11.0 Å². The molecule has 0 radical (unpaired) electrons. The summed E-state index contributed by atoms with van der Waals surface area (Å²) >= 11 is 6.02. The highest BCUT2D eigenvalue weighted by Crippen LogP contribution is 2.21. The highest BCUT2D eigenvalue weighted by molar-refractivity contribution is 6.31. The van der Waals surface area contributed by atoms with Gasteiger partial charge in [0.2, 0.25) is 0 Å². The molecule has 0 aliphatic rings. The zero-order chi connectivity index (χ0) is 13.7. The summed E-state index contributed by atoms with van der Waals surface area (Å²) in [6.45, 7) is 2.34. The van der Waals surface area contributed by atoms with Gasteiger partial charge in [-0.2, -0.15) is 0 Å². The Morgan fingerprint density at radius 1 is 1.37 bits per heavy atom. The molecule has 0 amide bonds. The second kappa shape index (κ2) is 6.89. The molecule has 1 heterocycles. The quantitative estimate of drug-likeness (QED) is 0.794. The molecule has 4 nitrogen and oxygen atoms in total. The summed E-state index contributed by atoms with van der Waals surface area (Å²) < 4.78 is 7.37. The van der Waals surface area contributed by atoms with Gasteiger partial charge >= 0.3 is 0 Å². The number of nitrogens with zero attached hydrogens (tertiary/aromatic N) is 2. The molecule has 1 aromatic heterocycles. The Morgan fingerprint density at radius 2 is 2.21 bits per heavy atom. The number of fused-ring (bicyclic) bond motifs is 1. The van der Waals surface area contributed by atoms with Gasteiger partial charge in [-0.25, -0.2) is 4.98 Å². The van der Waals surface area contributed by atoms with Crippen molar-refractivity contribution in [2.75, 3.05) is 20.3 Å². The predicted octanol–water partition coefficient (Wildman–Crippen LogP) is 2.62. The molecule has 0 saturated carbocycles. The van der Waals surface area contributed by atoms with E-state index in [0.29, 0.717) is 6.54 Å². The molecule has 5 heteroatoms. The zero-order valence-electron chi connectivity index (χ0n) is 11.2. The van der Waals surface area contributed by atoms with Crippen LogP contribution >= 0.6 is 11.6 Å². The number of halogens is 1. The highest BCUT2D eigenvalue weighted by atomic mass is 35.5. The zero-order valence-corrected chi connectivity index (χ0v) is 12.0. The second-order valence-electron chi connectivity index (χ2n) is 4.55. The maximum atomic E-state index is 6.02. The van der Waals surface area contributed by atoms with E-state index in [1.54, 1.807) is 7.11 Å². The average Bonchev–Trinajstić information content (AvgIpc) is 2.74. The van der Waals surface area contributed by atoms with E-state index in [4.69, 9.17) is 22.1 Å². The van der Waals surface area contributed by atoms with Gasteiger partial charge in [0, 0.05) is 31.7 Å². The number of ether oxygens (including phenoxy) is 1. The topological polar surface area (TPSA) is 53.1 Å². The van der Waals surface area contributed by atoms with E-state index in [9.17, 15) is 0 Å². The number of aromatic nitrogens is 2. The molecular weight excluding hydrogens is 262 g/mol. The fraction of sp³-hybridized carbons (Fsp3) is 0.500. The Bertz CT molecular complexity index is 539. The lowest BCUT2D eigenvalue weighted by Crippen LogP contribution is -2.08. The van der Waals surface area contributed by atoms with Gasteiger partial charge in [0.1, 0.15) is 5.82 Å². The molecule has 1 aromatic carbocycles. The summed E-state index contributed by atoms with van der Waals surface area (Å²) in [4.78, 5) is 4.67. The van der Waals surface area contributed by atoms with Crippen LogP contribution in [0, 0.1) is 0 Å². The second-order valence-corrected chi connectivity index (χ2v) is 4.99. The van der Waals surface area contributed by atoms with Crippen LogP contribution in [-0.2, 0) is 17.7 Å². The van der Waals surface area contributed by atoms with Crippen molar-refractivity contribution in [3.05, 3.63) is 29.0 Å². The Balaban J connectivity index is 2.31. The first-order chi connectivity index (χ1) is 9.26. The lowest BCUT2D eigenvalue weighted by atomic mass is 10.3. The number of rotatable bonds is 7. The van der Waals surface area contributed by atoms with Crippen molar-refractivity contribution in [3.8, 4) is 0 Å². The first-order valence-electron chi connectivity index (χ1n) is 6.60. The van der Waals surface area contributed by atoms with Gasteiger partial charge in [0.25, 0.3) is 0 Å². The maximum absolute atomic E-state index is 6.02. The highest BCUT2D eigenvalue weighted by Gasteiger charge is 2.10. The predicted molar refractivity (Wildman–Crippen MR) is 78.6 cm³/mol. The first kappa shape index (κ1) is 14.3. The van der Waals surface area contributed by atoms with Crippen molar-refractivity contribution < 1.29 is 4.74 Å². The number of nitrogens with two attached hydrogens (primary N) is 1. The molecule has 0 bridgehead atoms. The summed E-state index contributed by atoms with van der Waals surface area (Å²) in [6.07, 6.45) is 2.82. The number of aryl methyl sites for hydroxylation is 2. The third-order valence-corrected chi connectivity index (χ3v) is 3.36. The molecule has 2 N–H and O–H groups in total. The van der Waals surface area contributed by atoms with Crippen molar-refractivity contribution in [3.63, 3.8) is 0 Å². The van der Waals surface area contributed by atoms with Gasteiger partial charge in [-0.1, -0.05) is 11.6 Å². The van der Waals surface area contributed by atoms with Crippen LogP contribution in [0.4, 0.5) is 0 Å². The third-order valence-electron chi connectivity index (χ3n) is 3.12. The summed E-state index contributed by atoms with van der Waals surface area (Å²) in [5.41, 5.74) is 7.68. The van der Waals surface area contributed by atoms with Crippen molar-refractivity contribution >= 4 is 22.6 Å². The van der Waals surface area contributed by atoms with Crippen molar-refractivity contribution in [2.24, 2.45) is 5.73 Å². The molecule has 0 spiro atoms. The maximum Gasteiger partial charge on any atom is 0.109 e. The lowest BCUT2D eigenvalue weighted by Gasteiger charge is -2.08. The lowest BCUT2D eigenvalue weighted by molar-refractivity contribution is 0.190. The Labute approximate surface area is 118 Å². The fourth-order valence-corrected chi connectivity index (χ4v) is 2.39. The van der Waals surface area contributed by atoms with Crippen LogP contribution < -0.4 is 5.73 Å². The standard InChI is InChI=1S/C14H20ClN3O/c1-19-9-3-8-18-13-6-5-11(15)10-12(13)17-14(18)4-2-7-16/h5-6,10H,2-4,7-9,16H2,1H3. The van der Waals surface area contributed by atoms with E-state index in [2.05, 4.69) is 9.55 Å². The van der Waals surface area contributed by atoms with Gasteiger partial charge < -0.3 is 15.0 Å². The Hall–Kier alpha value is -1.10. The first-order valence-corrected chi connectivity index (χ1v) is 6.97. The molecule has 0 aliphatic carbocycles. The third kappa shape index (κ3) is 3.47. The minimum absolute atomic E-state index is 0.683. The van der Waals surface area contributed by atoms with E-state index >= 15 is 0 Å². The molecule has 19 heavy (non-hydrogen) atoms. The SMILES string of the molecule is COCCCn1c(CCCN)nc2cc(Cl)ccc21. The molecule has 0 unspecified atom stereocenters. The van der Waals surface area contributed by atoms with Crippen molar-refractivity contribution in [1.82, 2.24) is 9.55 Å². The number of benzene rings is 1. The van der Waals surface area contributed by atoms with E-state index in [-0.39, 0.29) is 0 Å². The molecule has 2 aromatic rings. The number of imidazole rings is 1. The summed E-state index contributed by atoms with van der Waals surface area (Å²) in [6, 6.07) is 5.85. The van der Waals surface area contributed by atoms with Crippen LogP contribution in [0.1, 0.15) is 18.7 Å². The molecule has 0 saturated heterocycles. The van der Waals surface area contributed by atoms with E-state index in [1.165, 1.54) is 0 Å². The van der Waals surface area contributed by atoms with Gasteiger partial charge in [-0.05, 0) is 37.6 Å². The van der Waals surface area contributed by atoms with E-state index in [1.807, 2.05) is 18.2 Å². The van der Waals surface area contributed by atoms with Crippen LogP contribution in [0.25, 0.3) is 11.0 Å². The van der Waals surface area contributed by atoms with Crippen LogP contribution in [-0.4, -0.2) is 29.8 Å². The summed E-state index contributed by atoms with van der Waals surface area (Å²) in [5, 5.41) is 0.722.